The van der Waals surface area contributed by atoms with Gasteiger partial charge < -0.3 is 0 Å². The van der Waals surface area contributed by atoms with Gasteiger partial charge in [0.1, 0.15) is 0 Å². The molecule has 0 N–H and O–H groups in total. The molecule has 0 atom stereocenters. The fourth-order valence-electron chi connectivity index (χ4n) is 1.16. The van der Waals surface area contributed by atoms with E-state index in [0.29, 0.717) is 0 Å². The zero-order valence-electron chi connectivity index (χ0n) is 12.6. The van der Waals surface area contributed by atoms with Gasteiger partial charge >= 0.3 is 120 Å². The number of rotatable bonds is 6. The van der Waals surface area contributed by atoms with Gasteiger partial charge in [-0.15, -0.1) is 0 Å². The van der Waals surface area contributed by atoms with Crippen molar-refractivity contribution >= 4 is 52.4 Å². The van der Waals surface area contributed by atoms with Crippen molar-refractivity contribution in [3.63, 3.8) is 0 Å². The Morgan fingerprint density at radius 3 is 0.882 bits per heavy atom. The maximum atomic E-state index is 6.64. The first-order valence-electron chi connectivity index (χ1n) is 5.91. The molecule has 3 nitrogen and oxygen atoms in total. The summed E-state index contributed by atoms with van der Waals surface area (Å²) in [6.07, 6.45) is 0. The second kappa shape index (κ2) is 5.94. The van der Waals surface area contributed by atoms with Gasteiger partial charge in [0, 0.05) is 0 Å². The monoisotopic (exact) mass is 422 g/mol. The van der Waals surface area contributed by atoms with E-state index in [1.165, 1.54) is 0 Å². The van der Waals surface area contributed by atoms with Gasteiger partial charge in [0.15, 0.2) is 0 Å². The predicted molar refractivity (Wildman–Crippen MR) is 84.9 cm³/mol. The SMILES string of the molecule is C[Si](C)(C)[O][Sn]([Cl])([O][Si](C)(C)C)[O][Si](C)(C)C. The first-order chi connectivity index (χ1) is 7.12. The molecule has 0 aromatic carbocycles. The van der Waals surface area contributed by atoms with Crippen molar-refractivity contribution in [2.24, 2.45) is 0 Å². The molecule has 0 spiro atoms. The van der Waals surface area contributed by atoms with Crippen LogP contribution < -0.4 is 0 Å². The summed E-state index contributed by atoms with van der Waals surface area (Å²) in [6.45, 7) is 19.1. The van der Waals surface area contributed by atoms with E-state index in [4.69, 9.17) is 17.2 Å². The number of hydrogen-bond acceptors (Lipinski definition) is 3. The zero-order valence-corrected chi connectivity index (χ0v) is 19.2. The topological polar surface area (TPSA) is 27.7 Å². The molecule has 0 saturated heterocycles. The summed E-state index contributed by atoms with van der Waals surface area (Å²) in [5.74, 6) is 0. The van der Waals surface area contributed by atoms with Gasteiger partial charge in [0.2, 0.25) is 0 Å². The summed E-state index contributed by atoms with van der Waals surface area (Å²) < 4.78 is 18.4. The van der Waals surface area contributed by atoms with E-state index in [9.17, 15) is 0 Å². The third kappa shape index (κ3) is 11.2. The van der Waals surface area contributed by atoms with Crippen LogP contribution in [-0.4, -0.2) is 43.4 Å². The zero-order chi connectivity index (χ0) is 14.1. The fourth-order valence-corrected chi connectivity index (χ4v) is 39.8. The molecule has 17 heavy (non-hydrogen) atoms. The molecular weight excluding hydrogens is 395 g/mol. The van der Waals surface area contributed by atoms with Gasteiger partial charge in [0.05, 0.1) is 0 Å². The summed E-state index contributed by atoms with van der Waals surface area (Å²) in [6, 6.07) is 0. The van der Waals surface area contributed by atoms with Gasteiger partial charge in [-0.3, -0.25) is 0 Å². The van der Waals surface area contributed by atoms with Crippen molar-refractivity contribution in [3.05, 3.63) is 0 Å². The van der Waals surface area contributed by atoms with Crippen LogP contribution in [0.15, 0.2) is 0 Å². The maximum absolute atomic E-state index is 6.64. The molecule has 0 radical (unpaired) electrons. The average molecular weight is 422 g/mol. The predicted octanol–water partition coefficient (Wildman–Crippen LogP) is 4.22. The number of hydrogen-bond donors (Lipinski definition) is 0. The molecule has 0 fully saturated rings. The number of halogens is 1. The van der Waals surface area contributed by atoms with E-state index in [0.717, 1.165) is 0 Å². The van der Waals surface area contributed by atoms with Gasteiger partial charge in [-0.2, -0.15) is 0 Å². The molecule has 0 heterocycles. The summed E-state index contributed by atoms with van der Waals surface area (Å²) in [7, 11) is 1.43. The normalized spacial score (nSPS) is 15.2. The van der Waals surface area contributed by atoms with Crippen LogP contribution in [0.25, 0.3) is 0 Å². The molecule has 8 heteroatoms. The van der Waals surface area contributed by atoms with Crippen LogP contribution in [0, 0.1) is 0 Å². The van der Waals surface area contributed by atoms with E-state index < -0.39 is 43.4 Å². The molecule has 0 aliphatic rings. The van der Waals surface area contributed by atoms with Gasteiger partial charge in [0.25, 0.3) is 0 Å². The van der Waals surface area contributed by atoms with E-state index >= 15 is 0 Å². The molecule has 0 amide bonds. The molecule has 0 aromatic heterocycles. The van der Waals surface area contributed by atoms with Crippen molar-refractivity contribution in [1.82, 2.24) is 0 Å². The van der Waals surface area contributed by atoms with Gasteiger partial charge in [-0.05, 0) is 0 Å². The Morgan fingerprint density at radius 2 is 0.765 bits per heavy atom. The Balaban J connectivity index is 4.95. The minimum atomic E-state index is -3.82. The Morgan fingerprint density at radius 1 is 0.588 bits per heavy atom. The van der Waals surface area contributed by atoms with Crippen LogP contribution in [-0.2, 0) is 8.29 Å². The molecule has 0 aliphatic carbocycles. The standard InChI is InChI=1S/3C3H9OSi.ClH.Sn/c3*1-5(2,3)4;;/h3*1-3H3;1H;/q3*-1;;+4/p-1. The Bertz CT molecular complexity index is 217. The molecular formula is C9H27ClO3Si3Sn. The fraction of sp³-hybridized carbons (Fsp3) is 1.00. The van der Waals surface area contributed by atoms with Crippen molar-refractivity contribution in [1.29, 1.82) is 0 Å². The Kier molecular flexibility index (Phi) is 6.51. The molecule has 0 aliphatic heterocycles. The summed E-state index contributed by atoms with van der Waals surface area (Å²) >= 11 is -3.82. The summed E-state index contributed by atoms with van der Waals surface area (Å²) in [5, 5.41) is 0. The molecule has 0 aromatic rings. The first-order valence-corrected chi connectivity index (χ1v) is 23.2. The third-order valence-corrected chi connectivity index (χ3v) is 30.5. The van der Waals surface area contributed by atoms with Gasteiger partial charge in [-0.25, -0.2) is 0 Å². The summed E-state index contributed by atoms with van der Waals surface area (Å²) in [4.78, 5) is 0. The van der Waals surface area contributed by atoms with Crippen molar-refractivity contribution in [3.8, 4) is 0 Å². The van der Waals surface area contributed by atoms with Crippen LogP contribution in [0.2, 0.25) is 58.9 Å². The molecule has 0 unspecified atom stereocenters. The van der Waals surface area contributed by atoms with Crippen LogP contribution in [0.3, 0.4) is 0 Å². The molecule has 0 saturated carbocycles. The average Bonchev–Trinajstić information content (AvgIpc) is 1.65. The van der Waals surface area contributed by atoms with Crippen LogP contribution >= 0.6 is 8.92 Å². The van der Waals surface area contributed by atoms with Crippen LogP contribution in [0.4, 0.5) is 0 Å². The van der Waals surface area contributed by atoms with Crippen molar-refractivity contribution in [2.45, 2.75) is 58.9 Å². The Labute approximate surface area is 119 Å². The molecule has 0 rings (SSSR count). The molecule has 0 bridgehead atoms. The van der Waals surface area contributed by atoms with E-state index in [1.54, 1.807) is 0 Å². The van der Waals surface area contributed by atoms with E-state index in [-0.39, 0.29) is 0 Å². The van der Waals surface area contributed by atoms with E-state index in [1.807, 2.05) is 0 Å². The third-order valence-electron chi connectivity index (χ3n) is 1.28. The van der Waals surface area contributed by atoms with Crippen molar-refractivity contribution < 1.29 is 8.29 Å². The van der Waals surface area contributed by atoms with Crippen LogP contribution in [0.1, 0.15) is 0 Å². The van der Waals surface area contributed by atoms with Crippen LogP contribution in [0.5, 0.6) is 0 Å². The minimum absolute atomic E-state index is 1.74. The quantitative estimate of drug-likeness (QED) is 0.601. The Hall–Kier alpha value is 1.62. The summed E-state index contributed by atoms with van der Waals surface area (Å²) in [5.41, 5.74) is 0. The first kappa shape index (κ1) is 18.6. The van der Waals surface area contributed by atoms with E-state index in [2.05, 4.69) is 58.9 Å². The van der Waals surface area contributed by atoms with Gasteiger partial charge in [-0.1, -0.05) is 0 Å². The molecule has 104 valence electrons. The van der Waals surface area contributed by atoms with Crippen molar-refractivity contribution in [2.75, 3.05) is 0 Å². The second-order valence-electron chi connectivity index (χ2n) is 7.12. The second-order valence-corrected chi connectivity index (χ2v) is 31.5.